The first-order valence-electron chi connectivity index (χ1n) is 12.0. The van der Waals surface area contributed by atoms with Gasteiger partial charge < -0.3 is 14.4 Å². The Bertz CT molecular complexity index is 1130. The summed E-state index contributed by atoms with van der Waals surface area (Å²) in [7, 11) is -3.50. The minimum absolute atomic E-state index is 0.0695. The molecular formula is C26H33N3O5S. The topological polar surface area (TPSA) is 79.4 Å². The molecule has 0 bridgehead atoms. The van der Waals surface area contributed by atoms with Crippen LogP contribution < -0.4 is 13.8 Å². The van der Waals surface area contributed by atoms with E-state index >= 15 is 0 Å². The van der Waals surface area contributed by atoms with Gasteiger partial charge in [0.1, 0.15) is 13.2 Å². The van der Waals surface area contributed by atoms with Crippen molar-refractivity contribution >= 4 is 27.7 Å². The van der Waals surface area contributed by atoms with Crippen LogP contribution in [-0.2, 0) is 14.8 Å². The SMILES string of the molecule is CS(=O)(=O)N(CCCC(=O)N1CCN(C/C=C/c2ccccc2)CC1)c1ccc2c(c1)OCCO2. The van der Waals surface area contributed by atoms with Crippen LogP contribution in [0.15, 0.2) is 54.6 Å². The van der Waals surface area contributed by atoms with Gasteiger partial charge in [-0.25, -0.2) is 8.42 Å². The highest BCUT2D eigenvalue weighted by Crippen LogP contribution is 2.34. The molecule has 2 heterocycles. The fourth-order valence-corrected chi connectivity index (χ4v) is 5.24. The normalized spacial score (nSPS) is 16.4. The second kappa shape index (κ2) is 11.6. The van der Waals surface area contributed by atoms with Gasteiger partial charge in [-0.05, 0) is 24.1 Å². The third-order valence-electron chi connectivity index (χ3n) is 6.16. The van der Waals surface area contributed by atoms with Crippen molar-refractivity contribution in [2.75, 3.05) is 63.0 Å². The van der Waals surface area contributed by atoms with Crippen molar-refractivity contribution < 1.29 is 22.7 Å². The summed E-state index contributed by atoms with van der Waals surface area (Å²) in [6, 6.07) is 15.3. The molecule has 0 radical (unpaired) electrons. The van der Waals surface area contributed by atoms with Gasteiger partial charge >= 0.3 is 0 Å². The minimum atomic E-state index is -3.50. The van der Waals surface area contributed by atoms with E-state index in [1.165, 1.54) is 16.1 Å². The highest BCUT2D eigenvalue weighted by atomic mass is 32.2. The van der Waals surface area contributed by atoms with Crippen molar-refractivity contribution in [1.82, 2.24) is 9.80 Å². The van der Waals surface area contributed by atoms with E-state index in [0.29, 0.717) is 56.3 Å². The van der Waals surface area contributed by atoms with E-state index in [9.17, 15) is 13.2 Å². The standard InChI is InChI=1S/C26H33N3O5S/c1-35(31,32)29(23-11-12-24-25(21-23)34-20-19-33-24)14-6-10-26(30)28-17-15-27(16-18-28)13-5-9-22-7-3-2-4-8-22/h2-5,7-9,11-12,21H,6,10,13-20H2,1H3/b9-5+. The second-order valence-electron chi connectivity index (χ2n) is 8.76. The number of rotatable bonds is 9. The number of fused-ring (bicyclic) bond motifs is 1. The number of anilines is 1. The van der Waals surface area contributed by atoms with Gasteiger partial charge in [-0.15, -0.1) is 0 Å². The molecule has 9 heteroatoms. The van der Waals surface area contributed by atoms with Crippen molar-refractivity contribution in [3.8, 4) is 11.5 Å². The summed E-state index contributed by atoms with van der Waals surface area (Å²) < 4.78 is 37.3. The van der Waals surface area contributed by atoms with Crippen LogP contribution in [0.1, 0.15) is 18.4 Å². The molecule has 2 aliphatic rings. The van der Waals surface area contributed by atoms with Crippen molar-refractivity contribution in [3.63, 3.8) is 0 Å². The van der Waals surface area contributed by atoms with Crippen LogP contribution in [0, 0.1) is 0 Å². The molecule has 0 spiro atoms. The number of amides is 1. The fourth-order valence-electron chi connectivity index (χ4n) is 4.29. The fraction of sp³-hybridized carbons (Fsp3) is 0.423. The van der Waals surface area contributed by atoms with E-state index in [1.807, 2.05) is 23.1 Å². The number of carbonyl (C=O) groups excluding carboxylic acids is 1. The molecule has 1 amide bonds. The Morgan fingerprint density at radius 2 is 1.71 bits per heavy atom. The highest BCUT2D eigenvalue weighted by Gasteiger charge is 2.23. The summed E-state index contributed by atoms with van der Waals surface area (Å²) in [4.78, 5) is 17.0. The molecule has 0 aromatic heterocycles. The highest BCUT2D eigenvalue weighted by molar-refractivity contribution is 7.92. The summed E-state index contributed by atoms with van der Waals surface area (Å²) >= 11 is 0. The Hall–Kier alpha value is -3.04. The van der Waals surface area contributed by atoms with Crippen molar-refractivity contribution in [2.24, 2.45) is 0 Å². The third kappa shape index (κ3) is 6.99. The van der Waals surface area contributed by atoms with Crippen LogP contribution in [0.4, 0.5) is 5.69 Å². The molecule has 0 aliphatic carbocycles. The van der Waals surface area contributed by atoms with Gasteiger partial charge in [0.05, 0.1) is 11.9 Å². The van der Waals surface area contributed by atoms with Gasteiger partial charge in [-0.2, -0.15) is 0 Å². The van der Waals surface area contributed by atoms with Gasteiger partial charge in [0, 0.05) is 51.8 Å². The average molecular weight is 500 g/mol. The number of nitrogens with zero attached hydrogens (tertiary/aromatic N) is 3. The maximum atomic E-state index is 12.8. The van der Waals surface area contributed by atoms with E-state index in [0.717, 1.165) is 19.6 Å². The second-order valence-corrected chi connectivity index (χ2v) is 10.7. The monoisotopic (exact) mass is 499 g/mol. The van der Waals surface area contributed by atoms with Crippen molar-refractivity contribution in [3.05, 3.63) is 60.2 Å². The lowest BCUT2D eigenvalue weighted by Gasteiger charge is -2.34. The predicted molar refractivity (Wildman–Crippen MR) is 137 cm³/mol. The van der Waals surface area contributed by atoms with Gasteiger partial charge in [-0.1, -0.05) is 42.5 Å². The number of carbonyl (C=O) groups is 1. The van der Waals surface area contributed by atoms with Gasteiger partial charge in [0.2, 0.25) is 15.9 Å². The summed E-state index contributed by atoms with van der Waals surface area (Å²) in [6.45, 7) is 5.04. The molecule has 1 fully saturated rings. The third-order valence-corrected chi connectivity index (χ3v) is 7.36. The first kappa shape index (κ1) is 25.1. The van der Waals surface area contributed by atoms with E-state index in [-0.39, 0.29) is 12.5 Å². The van der Waals surface area contributed by atoms with Crippen molar-refractivity contribution in [2.45, 2.75) is 12.8 Å². The molecule has 0 N–H and O–H groups in total. The summed E-state index contributed by atoms with van der Waals surface area (Å²) in [5, 5.41) is 0. The van der Waals surface area contributed by atoms with Gasteiger partial charge in [0.25, 0.3) is 0 Å². The predicted octanol–water partition coefficient (Wildman–Crippen LogP) is 2.86. The van der Waals surface area contributed by atoms with Crippen LogP contribution in [-0.4, -0.2) is 82.9 Å². The first-order valence-corrected chi connectivity index (χ1v) is 13.8. The van der Waals surface area contributed by atoms with E-state index in [2.05, 4.69) is 29.2 Å². The largest absolute Gasteiger partial charge is 0.486 e. The van der Waals surface area contributed by atoms with Crippen LogP contribution >= 0.6 is 0 Å². The lowest BCUT2D eigenvalue weighted by Crippen LogP contribution is -2.48. The van der Waals surface area contributed by atoms with E-state index < -0.39 is 10.0 Å². The molecular weight excluding hydrogens is 466 g/mol. The Morgan fingerprint density at radius 1 is 1.00 bits per heavy atom. The number of hydrogen-bond donors (Lipinski definition) is 0. The maximum Gasteiger partial charge on any atom is 0.232 e. The molecule has 2 aromatic carbocycles. The summed E-state index contributed by atoms with van der Waals surface area (Å²) in [6.07, 6.45) is 6.21. The molecule has 0 unspecified atom stereocenters. The maximum absolute atomic E-state index is 12.8. The zero-order valence-electron chi connectivity index (χ0n) is 20.1. The zero-order chi connectivity index (χ0) is 24.7. The Morgan fingerprint density at radius 3 is 2.43 bits per heavy atom. The van der Waals surface area contributed by atoms with Crippen LogP contribution in [0.5, 0.6) is 11.5 Å². The molecule has 0 saturated carbocycles. The number of benzene rings is 2. The van der Waals surface area contributed by atoms with Crippen LogP contribution in [0.3, 0.4) is 0 Å². The molecule has 1 saturated heterocycles. The molecule has 0 atom stereocenters. The Balaban J connectivity index is 1.24. The molecule has 2 aromatic rings. The average Bonchev–Trinajstić information content (AvgIpc) is 2.86. The number of hydrogen-bond acceptors (Lipinski definition) is 6. The van der Waals surface area contributed by atoms with Gasteiger partial charge in [-0.3, -0.25) is 14.0 Å². The molecule has 8 nitrogen and oxygen atoms in total. The minimum Gasteiger partial charge on any atom is -0.486 e. The molecule has 4 rings (SSSR count). The first-order chi connectivity index (χ1) is 16.9. The van der Waals surface area contributed by atoms with Crippen LogP contribution in [0.25, 0.3) is 6.08 Å². The van der Waals surface area contributed by atoms with Crippen molar-refractivity contribution in [1.29, 1.82) is 0 Å². The molecule has 35 heavy (non-hydrogen) atoms. The lowest BCUT2D eigenvalue weighted by atomic mass is 10.2. The molecule has 188 valence electrons. The van der Waals surface area contributed by atoms with E-state index in [4.69, 9.17) is 9.47 Å². The van der Waals surface area contributed by atoms with Crippen LogP contribution in [0.2, 0.25) is 0 Å². The molecule has 2 aliphatic heterocycles. The van der Waals surface area contributed by atoms with E-state index in [1.54, 1.807) is 18.2 Å². The smallest absolute Gasteiger partial charge is 0.232 e. The quantitative estimate of drug-likeness (QED) is 0.528. The van der Waals surface area contributed by atoms with Gasteiger partial charge in [0.15, 0.2) is 11.5 Å². The summed E-state index contributed by atoms with van der Waals surface area (Å²) in [5.41, 5.74) is 1.70. The zero-order valence-corrected chi connectivity index (χ0v) is 21.0. The summed E-state index contributed by atoms with van der Waals surface area (Å²) in [5.74, 6) is 1.22. The number of ether oxygens (including phenoxy) is 2. The lowest BCUT2D eigenvalue weighted by molar-refractivity contribution is -0.132. The number of sulfonamides is 1. The Kier molecular flexibility index (Phi) is 8.30. The number of piperazine rings is 1. The Labute approximate surface area is 207 Å².